The number of hydrogen-bond acceptors (Lipinski definition) is 5. The molecule has 1 atom stereocenters. The van der Waals surface area contributed by atoms with E-state index in [2.05, 4.69) is 0 Å². The number of sulfone groups is 1. The zero-order valence-electron chi connectivity index (χ0n) is 13.5. The van der Waals surface area contributed by atoms with Gasteiger partial charge in [0, 0.05) is 24.2 Å². The first-order chi connectivity index (χ1) is 10.7. The van der Waals surface area contributed by atoms with Crippen LogP contribution in [0.2, 0.25) is 0 Å². The van der Waals surface area contributed by atoms with Crippen molar-refractivity contribution in [1.82, 2.24) is 4.90 Å². The van der Waals surface area contributed by atoms with Crippen molar-refractivity contribution in [3.05, 3.63) is 29.3 Å². The summed E-state index contributed by atoms with van der Waals surface area (Å²) < 4.78 is 28.3. The minimum Gasteiger partial charge on any atom is -0.496 e. The molecule has 0 aliphatic carbocycles. The molecular formula is C16H21NO5S. The third kappa shape index (κ3) is 4.10. The number of ketones is 1. The number of carbonyl (C=O) groups excluding carboxylic acids is 2. The van der Waals surface area contributed by atoms with Crippen LogP contribution in [0.15, 0.2) is 18.2 Å². The Balaban J connectivity index is 2.16. The van der Waals surface area contributed by atoms with Crippen molar-refractivity contribution >= 4 is 21.5 Å². The summed E-state index contributed by atoms with van der Waals surface area (Å²) in [6.45, 7) is 1.46. The Morgan fingerprint density at radius 1 is 1.35 bits per heavy atom. The first kappa shape index (κ1) is 17.5. The lowest BCUT2D eigenvalue weighted by atomic mass is 10.0. The zero-order valence-corrected chi connectivity index (χ0v) is 14.4. The van der Waals surface area contributed by atoms with Gasteiger partial charge in [-0.15, -0.1) is 0 Å². The molecule has 7 heteroatoms. The number of hydrogen-bond donors (Lipinski definition) is 0. The Hall–Kier alpha value is -1.89. The smallest absolute Gasteiger partial charge is 0.227 e. The van der Waals surface area contributed by atoms with Gasteiger partial charge in [-0.3, -0.25) is 9.59 Å². The van der Waals surface area contributed by atoms with Gasteiger partial charge in [-0.2, -0.15) is 0 Å². The number of nitrogens with zero attached hydrogens (tertiary/aromatic N) is 1. The maximum absolute atomic E-state index is 12.5. The monoisotopic (exact) mass is 339 g/mol. The molecule has 0 radical (unpaired) electrons. The summed E-state index contributed by atoms with van der Waals surface area (Å²) in [5, 5.41) is 0. The highest BCUT2D eigenvalue weighted by molar-refractivity contribution is 7.91. The van der Waals surface area contributed by atoms with Crippen LogP contribution in [0.4, 0.5) is 0 Å². The molecule has 1 heterocycles. The van der Waals surface area contributed by atoms with Crippen LogP contribution in [0.3, 0.4) is 0 Å². The highest BCUT2D eigenvalue weighted by Gasteiger charge is 2.32. The minimum atomic E-state index is -3.04. The first-order valence-electron chi connectivity index (χ1n) is 7.37. The first-order valence-corrected chi connectivity index (χ1v) is 9.19. The van der Waals surface area contributed by atoms with Crippen LogP contribution in [0.1, 0.15) is 29.3 Å². The molecule has 1 fully saturated rings. The summed E-state index contributed by atoms with van der Waals surface area (Å²) in [4.78, 5) is 25.4. The van der Waals surface area contributed by atoms with E-state index in [0.29, 0.717) is 23.3 Å². The standard InChI is InChI=1S/C16H21NO5S/c1-11(18)12-4-5-15(22-3)13(8-12)9-16(19)17(2)14-6-7-23(20,21)10-14/h4-5,8,14H,6-7,9-10H2,1-3H3/t14-/m1/s1. The molecule has 0 bridgehead atoms. The van der Waals surface area contributed by atoms with Crippen LogP contribution in [-0.2, 0) is 21.1 Å². The van der Waals surface area contributed by atoms with Crippen molar-refractivity contribution in [2.45, 2.75) is 25.8 Å². The van der Waals surface area contributed by atoms with E-state index in [4.69, 9.17) is 4.74 Å². The van der Waals surface area contributed by atoms with Gasteiger partial charge in [0.1, 0.15) is 5.75 Å². The van der Waals surface area contributed by atoms with Crippen LogP contribution < -0.4 is 4.74 Å². The number of methoxy groups -OCH3 is 1. The van der Waals surface area contributed by atoms with Gasteiger partial charge in [0.05, 0.1) is 25.0 Å². The van der Waals surface area contributed by atoms with E-state index in [-0.39, 0.29) is 35.7 Å². The molecule has 0 saturated carbocycles. The van der Waals surface area contributed by atoms with Crippen molar-refractivity contribution in [3.63, 3.8) is 0 Å². The molecule has 126 valence electrons. The third-order valence-electron chi connectivity index (χ3n) is 4.18. The van der Waals surface area contributed by atoms with Crippen LogP contribution in [-0.4, -0.2) is 56.7 Å². The van der Waals surface area contributed by atoms with Crippen molar-refractivity contribution in [2.24, 2.45) is 0 Å². The van der Waals surface area contributed by atoms with Crippen LogP contribution in [0.5, 0.6) is 5.75 Å². The average molecular weight is 339 g/mol. The molecule has 1 saturated heterocycles. The van der Waals surface area contributed by atoms with E-state index in [0.717, 1.165) is 0 Å². The van der Waals surface area contributed by atoms with Gasteiger partial charge < -0.3 is 9.64 Å². The van der Waals surface area contributed by atoms with Crippen LogP contribution in [0, 0.1) is 0 Å². The maximum atomic E-state index is 12.5. The molecular weight excluding hydrogens is 318 g/mol. The molecule has 0 aromatic heterocycles. The highest BCUT2D eigenvalue weighted by atomic mass is 32.2. The van der Waals surface area contributed by atoms with Gasteiger partial charge in [0.15, 0.2) is 15.6 Å². The lowest BCUT2D eigenvalue weighted by Gasteiger charge is -2.24. The number of amides is 1. The van der Waals surface area contributed by atoms with Crippen LogP contribution in [0.25, 0.3) is 0 Å². The fourth-order valence-corrected chi connectivity index (χ4v) is 4.48. The van der Waals surface area contributed by atoms with E-state index in [1.807, 2.05) is 0 Å². The summed E-state index contributed by atoms with van der Waals surface area (Å²) in [6, 6.07) is 4.69. The summed E-state index contributed by atoms with van der Waals surface area (Å²) in [5.41, 5.74) is 1.14. The van der Waals surface area contributed by atoms with Gasteiger partial charge in [-0.25, -0.2) is 8.42 Å². The van der Waals surface area contributed by atoms with Gasteiger partial charge in [0.2, 0.25) is 5.91 Å². The molecule has 1 aliphatic heterocycles. The number of benzene rings is 1. The molecule has 0 N–H and O–H groups in total. The lowest BCUT2D eigenvalue weighted by Crippen LogP contribution is -2.38. The largest absolute Gasteiger partial charge is 0.496 e. The van der Waals surface area contributed by atoms with Crippen molar-refractivity contribution in [2.75, 3.05) is 25.7 Å². The molecule has 23 heavy (non-hydrogen) atoms. The summed E-state index contributed by atoms with van der Waals surface area (Å²) in [5.74, 6) is 0.400. The van der Waals surface area contributed by atoms with Crippen molar-refractivity contribution in [3.8, 4) is 5.75 Å². The normalized spacial score (nSPS) is 19.3. The van der Waals surface area contributed by atoms with E-state index in [1.165, 1.54) is 18.9 Å². The molecule has 6 nitrogen and oxygen atoms in total. The maximum Gasteiger partial charge on any atom is 0.227 e. The Morgan fingerprint density at radius 2 is 2.04 bits per heavy atom. The topological polar surface area (TPSA) is 80.8 Å². The van der Waals surface area contributed by atoms with Gasteiger partial charge >= 0.3 is 0 Å². The predicted molar refractivity (Wildman–Crippen MR) is 86.5 cm³/mol. The number of ether oxygens (including phenoxy) is 1. The molecule has 0 unspecified atom stereocenters. The molecule has 1 aromatic rings. The quantitative estimate of drug-likeness (QED) is 0.750. The Morgan fingerprint density at radius 3 is 2.57 bits per heavy atom. The highest BCUT2D eigenvalue weighted by Crippen LogP contribution is 2.23. The molecule has 0 spiro atoms. The Labute approximate surface area is 136 Å². The fraction of sp³-hybridized carbons (Fsp3) is 0.500. The second-order valence-electron chi connectivity index (χ2n) is 5.82. The van der Waals surface area contributed by atoms with Gasteiger partial charge in [-0.05, 0) is 31.5 Å². The van der Waals surface area contributed by atoms with Gasteiger partial charge in [0.25, 0.3) is 0 Å². The van der Waals surface area contributed by atoms with Crippen molar-refractivity contribution < 1.29 is 22.7 Å². The molecule has 1 amide bonds. The SMILES string of the molecule is COc1ccc(C(C)=O)cc1CC(=O)N(C)[C@@H]1CCS(=O)(=O)C1. The van der Waals surface area contributed by atoms with E-state index in [1.54, 1.807) is 25.2 Å². The second-order valence-corrected chi connectivity index (χ2v) is 8.05. The summed E-state index contributed by atoms with van der Waals surface area (Å²) in [7, 11) is 0.0833. The Bertz CT molecular complexity index is 726. The molecule has 1 aromatic carbocycles. The molecule has 1 aliphatic rings. The van der Waals surface area contributed by atoms with Gasteiger partial charge in [-0.1, -0.05) is 0 Å². The van der Waals surface area contributed by atoms with E-state index < -0.39 is 9.84 Å². The third-order valence-corrected chi connectivity index (χ3v) is 5.93. The van der Waals surface area contributed by atoms with Crippen LogP contribution >= 0.6 is 0 Å². The average Bonchev–Trinajstić information content (AvgIpc) is 2.86. The Kier molecular flexibility index (Phi) is 5.09. The second kappa shape index (κ2) is 6.70. The zero-order chi connectivity index (χ0) is 17.2. The lowest BCUT2D eigenvalue weighted by molar-refractivity contribution is -0.130. The fourth-order valence-electron chi connectivity index (χ4n) is 2.71. The number of likely N-dealkylation sites (N-methyl/N-ethyl adjacent to an activating group) is 1. The number of Topliss-reactive ketones (excluding diaryl/α,β-unsaturated/α-hetero) is 1. The number of carbonyl (C=O) groups is 2. The number of rotatable bonds is 5. The summed E-state index contributed by atoms with van der Waals surface area (Å²) in [6.07, 6.45) is 0.534. The summed E-state index contributed by atoms with van der Waals surface area (Å²) >= 11 is 0. The van der Waals surface area contributed by atoms with E-state index in [9.17, 15) is 18.0 Å². The van der Waals surface area contributed by atoms with Crippen molar-refractivity contribution in [1.29, 1.82) is 0 Å². The van der Waals surface area contributed by atoms with E-state index >= 15 is 0 Å². The predicted octanol–water partition coefficient (Wildman–Crippen LogP) is 1.09. The minimum absolute atomic E-state index is 0.0138. The molecule has 2 rings (SSSR count).